The lowest BCUT2D eigenvalue weighted by Crippen LogP contribution is -2.31. The molecule has 0 atom stereocenters. The van der Waals surface area contributed by atoms with E-state index < -0.39 is 0 Å². The van der Waals surface area contributed by atoms with E-state index >= 15 is 0 Å². The number of aromatic nitrogens is 7. The van der Waals surface area contributed by atoms with Crippen LogP contribution in [-0.2, 0) is 0 Å². The summed E-state index contributed by atoms with van der Waals surface area (Å²) in [5.41, 5.74) is 8.95. The fourth-order valence-corrected chi connectivity index (χ4v) is 3.76. The van der Waals surface area contributed by atoms with Crippen LogP contribution >= 0.6 is 0 Å². The highest BCUT2D eigenvalue weighted by atomic mass is 16.5. The highest BCUT2D eigenvalue weighted by molar-refractivity contribution is 5.84. The Morgan fingerprint density at radius 2 is 1.90 bits per heavy atom. The molecule has 10 nitrogen and oxygen atoms in total. The van der Waals surface area contributed by atoms with Crippen molar-refractivity contribution in [2.45, 2.75) is 37.8 Å². The van der Waals surface area contributed by atoms with E-state index in [0.717, 1.165) is 48.1 Å². The Balaban J connectivity index is 1.19. The molecule has 3 aromatic heterocycles. The van der Waals surface area contributed by atoms with Crippen molar-refractivity contribution in [3.05, 3.63) is 42.9 Å². The second kappa shape index (κ2) is 7.90. The zero-order valence-corrected chi connectivity index (χ0v) is 16.2. The predicted octanol–water partition coefficient (Wildman–Crippen LogP) is 2.59. The normalized spacial score (nSPS) is 18.9. The summed E-state index contributed by atoms with van der Waals surface area (Å²) in [6.07, 6.45) is 9.06. The summed E-state index contributed by atoms with van der Waals surface area (Å²) in [5, 5.41) is 17.4. The van der Waals surface area contributed by atoms with Gasteiger partial charge in [-0.2, -0.15) is 5.21 Å². The van der Waals surface area contributed by atoms with Crippen LogP contribution in [0.4, 0.5) is 11.5 Å². The van der Waals surface area contributed by atoms with Gasteiger partial charge in [0, 0.05) is 41.9 Å². The van der Waals surface area contributed by atoms with Gasteiger partial charge in [0.2, 0.25) is 5.82 Å². The molecule has 1 aliphatic rings. The highest BCUT2D eigenvalue weighted by Gasteiger charge is 2.23. The molecule has 0 bridgehead atoms. The van der Waals surface area contributed by atoms with Crippen LogP contribution in [0, 0.1) is 0 Å². The number of anilines is 2. The number of nitrogens with two attached hydrogens (primary N) is 1. The van der Waals surface area contributed by atoms with Crippen LogP contribution in [0.1, 0.15) is 25.7 Å². The van der Waals surface area contributed by atoms with Crippen molar-refractivity contribution < 1.29 is 4.74 Å². The highest BCUT2D eigenvalue weighted by Crippen LogP contribution is 2.30. The molecule has 4 aromatic rings. The lowest BCUT2D eigenvalue weighted by atomic mass is 9.93. The first kappa shape index (κ1) is 18.2. The van der Waals surface area contributed by atoms with Gasteiger partial charge in [0.05, 0.1) is 11.6 Å². The SMILES string of the molecule is Nc1cc(OC2CCC(Nc3ccc(-c4nn[nH]n4)cn3)CC2)c2nccnc2c1. The topological polar surface area (TPSA) is 140 Å². The molecule has 0 radical (unpaired) electrons. The van der Waals surface area contributed by atoms with Crippen LogP contribution in [0.15, 0.2) is 42.9 Å². The standard InChI is InChI=1S/C20H21N9O/c21-13-9-16-19(23-8-7-22-16)17(10-13)30-15-4-2-14(3-5-15)25-18-6-1-12(11-24-18)20-26-28-29-27-20/h1,6-11,14-15H,2-5,21H2,(H,24,25)(H,26,27,28,29). The Morgan fingerprint density at radius 1 is 1.03 bits per heavy atom. The van der Waals surface area contributed by atoms with E-state index in [0.29, 0.717) is 23.3 Å². The molecular weight excluding hydrogens is 382 g/mol. The second-order valence-electron chi connectivity index (χ2n) is 7.35. The Morgan fingerprint density at radius 3 is 2.67 bits per heavy atom. The van der Waals surface area contributed by atoms with Crippen molar-refractivity contribution in [2.24, 2.45) is 0 Å². The van der Waals surface area contributed by atoms with E-state index in [-0.39, 0.29) is 6.10 Å². The molecule has 0 aliphatic heterocycles. The number of rotatable bonds is 5. The van der Waals surface area contributed by atoms with Gasteiger partial charge in [0.1, 0.15) is 17.1 Å². The van der Waals surface area contributed by atoms with Gasteiger partial charge in [-0.1, -0.05) is 0 Å². The quantitative estimate of drug-likeness (QED) is 0.429. The average molecular weight is 403 g/mol. The Bertz CT molecular complexity index is 1120. The first-order valence-corrected chi connectivity index (χ1v) is 9.88. The number of tetrazole rings is 1. The fourth-order valence-electron chi connectivity index (χ4n) is 3.76. The Kier molecular flexibility index (Phi) is 4.80. The summed E-state index contributed by atoms with van der Waals surface area (Å²) in [7, 11) is 0. The monoisotopic (exact) mass is 403 g/mol. The third-order valence-electron chi connectivity index (χ3n) is 5.25. The summed E-state index contributed by atoms with van der Waals surface area (Å²) >= 11 is 0. The van der Waals surface area contributed by atoms with Crippen molar-refractivity contribution in [1.82, 2.24) is 35.6 Å². The molecule has 0 unspecified atom stereocenters. The summed E-state index contributed by atoms with van der Waals surface area (Å²) in [6.45, 7) is 0. The van der Waals surface area contributed by atoms with E-state index in [4.69, 9.17) is 10.5 Å². The van der Waals surface area contributed by atoms with Gasteiger partial charge in [-0.05, 0) is 49.1 Å². The van der Waals surface area contributed by atoms with Crippen molar-refractivity contribution >= 4 is 22.5 Å². The van der Waals surface area contributed by atoms with E-state index in [1.54, 1.807) is 18.6 Å². The number of hydrogen-bond acceptors (Lipinski definition) is 9. The molecule has 5 rings (SSSR count). The third-order valence-corrected chi connectivity index (χ3v) is 5.25. The van der Waals surface area contributed by atoms with E-state index in [9.17, 15) is 0 Å². The van der Waals surface area contributed by atoms with Crippen LogP contribution < -0.4 is 15.8 Å². The van der Waals surface area contributed by atoms with Crippen molar-refractivity contribution in [3.63, 3.8) is 0 Å². The smallest absolute Gasteiger partial charge is 0.206 e. The van der Waals surface area contributed by atoms with Crippen LogP contribution in [0.3, 0.4) is 0 Å². The average Bonchev–Trinajstić information content (AvgIpc) is 3.30. The molecule has 30 heavy (non-hydrogen) atoms. The van der Waals surface area contributed by atoms with Crippen LogP contribution in [0.2, 0.25) is 0 Å². The van der Waals surface area contributed by atoms with Crippen molar-refractivity contribution in [3.8, 4) is 17.1 Å². The van der Waals surface area contributed by atoms with Gasteiger partial charge < -0.3 is 15.8 Å². The van der Waals surface area contributed by atoms with E-state index in [2.05, 4.69) is 40.9 Å². The number of H-pyrrole nitrogens is 1. The maximum Gasteiger partial charge on any atom is 0.206 e. The molecule has 4 N–H and O–H groups in total. The number of fused-ring (bicyclic) bond motifs is 1. The predicted molar refractivity (Wildman–Crippen MR) is 112 cm³/mol. The lowest BCUT2D eigenvalue weighted by Gasteiger charge is -2.30. The first-order chi connectivity index (χ1) is 14.7. The third kappa shape index (κ3) is 3.84. The number of ether oxygens (including phenoxy) is 1. The van der Waals surface area contributed by atoms with Gasteiger partial charge >= 0.3 is 0 Å². The molecule has 152 valence electrons. The second-order valence-corrected chi connectivity index (χ2v) is 7.35. The summed E-state index contributed by atoms with van der Waals surface area (Å²) in [5.74, 6) is 2.07. The zero-order chi connectivity index (χ0) is 20.3. The number of nitrogen functional groups attached to an aromatic ring is 1. The molecule has 0 amide bonds. The lowest BCUT2D eigenvalue weighted by molar-refractivity contribution is 0.152. The van der Waals surface area contributed by atoms with Crippen LogP contribution in [0.25, 0.3) is 22.4 Å². The van der Waals surface area contributed by atoms with Crippen molar-refractivity contribution in [2.75, 3.05) is 11.1 Å². The fraction of sp³-hybridized carbons (Fsp3) is 0.300. The number of nitrogens with one attached hydrogen (secondary N) is 2. The first-order valence-electron chi connectivity index (χ1n) is 9.88. The minimum Gasteiger partial charge on any atom is -0.488 e. The molecule has 3 heterocycles. The Hall–Kier alpha value is -3.82. The molecule has 1 saturated carbocycles. The molecule has 0 spiro atoms. The number of nitrogens with zero attached hydrogens (tertiary/aromatic N) is 6. The van der Waals surface area contributed by atoms with Gasteiger partial charge in [-0.3, -0.25) is 4.98 Å². The van der Waals surface area contributed by atoms with Gasteiger partial charge in [0.25, 0.3) is 0 Å². The molecule has 10 heteroatoms. The molecule has 1 aliphatic carbocycles. The number of benzene rings is 1. The summed E-state index contributed by atoms with van der Waals surface area (Å²) < 4.78 is 6.26. The van der Waals surface area contributed by atoms with Crippen LogP contribution in [0.5, 0.6) is 5.75 Å². The minimum absolute atomic E-state index is 0.128. The molecule has 0 saturated heterocycles. The van der Waals surface area contributed by atoms with Gasteiger partial charge in [0.15, 0.2) is 0 Å². The molecule has 1 fully saturated rings. The molecule has 1 aromatic carbocycles. The van der Waals surface area contributed by atoms with Crippen molar-refractivity contribution in [1.29, 1.82) is 0 Å². The van der Waals surface area contributed by atoms with E-state index in [1.165, 1.54) is 0 Å². The summed E-state index contributed by atoms with van der Waals surface area (Å²) in [6, 6.07) is 7.86. The Labute approximate surface area is 172 Å². The number of pyridine rings is 1. The van der Waals surface area contributed by atoms with Gasteiger partial charge in [-0.15, -0.1) is 10.2 Å². The van der Waals surface area contributed by atoms with E-state index in [1.807, 2.05) is 24.3 Å². The maximum absolute atomic E-state index is 6.26. The zero-order valence-electron chi connectivity index (χ0n) is 16.2. The number of hydrogen-bond donors (Lipinski definition) is 3. The largest absolute Gasteiger partial charge is 0.488 e. The van der Waals surface area contributed by atoms with Crippen LogP contribution in [-0.4, -0.2) is 47.7 Å². The number of aromatic amines is 1. The molecular formula is C20H21N9O. The van der Waals surface area contributed by atoms with Gasteiger partial charge in [-0.25, -0.2) is 9.97 Å². The summed E-state index contributed by atoms with van der Waals surface area (Å²) in [4.78, 5) is 13.2. The minimum atomic E-state index is 0.128. The maximum atomic E-state index is 6.26.